The molecule has 4 aromatic rings. The molecule has 6 nitrogen and oxygen atoms in total. The Labute approximate surface area is 187 Å². The van der Waals surface area contributed by atoms with Crippen molar-refractivity contribution < 1.29 is 9.50 Å². The average Bonchev–Trinajstić information content (AvgIpc) is 2.95. The number of aromatic nitrogens is 4. The third-order valence-electron chi connectivity index (χ3n) is 5.46. The number of benzene rings is 2. The monoisotopic (exact) mass is 435 g/mol. The van der Waals surface area contributed by atoms with E-state index >= 15 is 4.39 Å². The Morgan fingerprint density at radius 2 is 1.72 bits per heavy atom. The van der Waals surface area contributed by atoms with Crippen LogP contribution in [0.15, 0.2) is 36.4 Å². The number of rotatable bonds is 1. The smallest absolute Gasteiger partial charge is 0.257 e. The highest BCUT2D eigenvalue weighted by Gasteiger charge is 2.24. The van der Waals surface area contributed by atoms with Crippen LogP contribution < -0.4 is 4.90 Å². The topological polar surface area (TPSA) is 66.5 Å². The maximum absolute atomic E-state index is 15.0. The maximum atomic E-state index is 15.0. The quantitative estimate of drug-likeness (QED) is 0.440. The lowest BCUT2D eigenvalue weighted by Crippen LogP contribution is -2.21. The van der Waals surface area contributed by atoms with Crippen LogP contribution in [0.1, 0.15) is 50.6 Å². The lowest BCUT2D eigenvalue weighted by molar-refractivity contribution is 0.102. The molecular weight excluding hydrogens is 405 g/mol. The first-order chi connectivity index (χ1) is 15.1. The molecule has 1 aliphatic rings. The Morgan fingerprint density at radius 1 is 1.00 bits per heavy atom. The van der Waals surface area contributed by atoms with Crippen LogP contribution in [0.3, 0.4) is 0 Å². The van der Waals surface area contributed by atoms with Crippen LogP contribution in [-0.2, 0) is 6.42 Å². The van der Waals surface area contributed by atoms with Crippen molar-refractivity contribution in [2.45, 2.75) is 59.5 Å². The minimum Gasteiger partial charge on any atom is -0.391 e. The Hall–Kier alpha value is -3.06. The first-order valence-electron chi connectivity index (χ1n) is 11.0. The first-order valence-corrected chi connectivity index (χ1v) is 11.0. The second kappa shape index (κ2) is 8.47. The van der Waals surface area contributed by atoms with Crippen molar-refractivity contribution in [3.8, 4) is 0 Å². The van der Waals surface area contributed by atoms with Gasteiger partial charge in [0.25, 0.3) is 5.78 Å². The molecule has 0 bridgehead atoms. The predicted octanol–water partition coefficient (Wildman–Crippen LogP) is 5.29. The molecule has 2 aromatic heterocycles. The minimum absolute atomic E-state index is 0.275. The normalized spacial score (nSPS) is 14.2. The van der Waals surface area contributed by atoms with E-state index < -0.39 is 5.60 Å². The Morgan fingerprint density at radius 3 is 2.47 bits per heavy atom. The van der Waals surface area contributed by atoms with Gasteiger partial charge in [-0.05, 0) is 83.2 Å². The fourth-order valence-corrected chi connectivity index (χ4v) is 4.15. The molecule has 0 spiro atoms. The SMILES string of the molecule is CC(C)(C)O.Cc1cccc2c1CCCCN2c1nc2nnc(C)n2c2cccc(F)c12. The Bertz CT molecular complexity index is 1270. The van der Waals surface area contributed by atoms with Crippen LogP contribution in [0.4, 0.5) is 15.9 Å². The van der Waals surface area contributed by atoms with E-state index in [0.717, 1.165) is 37.0 Å². The molecule has 2 aromatic carbocycles. The van der Waals surface area contributed by atoms with Crippen molar-refractivity contribution in [1.29, 1.82) is 0 Å². The molecular formula is C25H30FN5O. The highest BCUT2D eigenvalue weighted by atomic mass is 19.1. The van der Waals surface area contributed by atoms with Crippen LogP contribution in [0.25, 0.3) is 16.7 Å². The summed E-state index contributed by atoms with van der Waals surface area (Å²) in [4.78, 5) is 6.91. The van der Waals surface area contributed by atoms with E-state index in [0.29, 0.717) is 22.8 Å². The van der Waals surface area contributed by atoms with Gasteiger partial charge >= 0.3 is 0 Å². The number of nitrogens with zero attached hydrogens (tertiary/aromatic N) is 5. The highest BCUT2D eigenvalue weighted by Crippen LogP contribution is 2.38. The molecule has 32 heavy (non-hydrogen) atoms. The number of anilines is 2. The molecule has 0 aliphatic carbocycles. The van der Waals surface area contributed by atoms with Crippen LogP contribution in [0, 0.1) is 19.7 Å². The maximum Gasteiger partial charge on any atom is 0.257 e. The lowest BCUT2D eigenvalue weighted by Gasteiger charge is -2.26. The molecule has 0 amide bonds. The van der Waals surface area contributed by atoms with Gasteiger partial charge in [0.1, 0.15) is 17.5 Å². The molecule has 1 aliphatic heterocycles. The predicted molar refractivity (Wildman–Crippen MR) is 126 cm³/mol. The van der Waals surface area contributed by atoms with Gasteiger partial charge in [-0.25, -0.2) is 4.39 Å². The van der Waals surface area contributed by atoms with Gasteiger partial charge in [-0.3, -0.25) is 4.40 Å². The van der Waals surface area contributed by atoms with E-state index in [9.17, 15) is 0 Å². The number of aryl methyl sites for hydroxylation is 2. The van der Waals surface area contributed by atoms with Crippen LogP contribution >= 0.6 is 0 Å². The number of hydrogen-bond donors (Lipinski definition) is 1. The van der Waals surface area contributed by atoms with Gasteiger partial charge < -0.3 is 10.0 Å². The van der Waals surface area contributed by atoms with Crippen LogP contribution in [-0.4, -0.2) is 36.8 Å². The third-order valence-corrected chi connectivity index (χ3v) is 5.46. The number of hydrogen-bond acceptors (Lipinski definition) is 5. The molecule has 168 valence electrons. The minimum atomic E-state index is -0.500. The van der Waals surface area contributed by atoms with Gasteiger partial charge in [0.2, 0.25) is 0 Å². The van der Waals surface area contributed by atoms with Crippen molar-refractivity contribution >= 4 is 28.2 Å². The third kappa shape index (κ3) is 4.30. The fourth-order valence-electron chi connectivity index (χ4n) is 4.15. The van der Waals surface area contributed by atoms with E-state index in [4.69, 9.17) is 10.1 Å². The average molecular weight is 436 g/mol. The van der Waals surface area contributed by atoms with Gasteiger partial charge in [0, 0.05) is 12.2 Å². The molecule has 0 saturated carbocycles. The summed E-state index contributed by atoms with van der Waals surface area (Å²) in [6.45, 7) is 10.0. The summed E-state index contributed by atoms with van der Waals surface area (Å²) < 4.78 is 16.8. The molecule has 3 heterocycles. The number of fused-ring (bicyclic) bond motifs is 4. The molecule has 0 unspecified atom stereocenters. The summed E-state index contributed by atoms with van der Waals surface area (Å²) in [6.07, 6.45) is 3.18. The molecule has 0 radical (unpaired) electrons. The van der Waals surface area contributed by atoms with Gasteiger partial charge in [-0.2, -0.15) is 4.98 Å². The molecule has 0 atom stereocenters. The molecule has 7 heteroatoms. The van der Waals surface area contributed by atoms with E-state index in [1.807, 2.05) is 17.4 Å². The summed E-state index contributed by atoms with van der Waals surface area (Å²) in [5.41, 5.74) is 3.95. The molecule has 1 N–H and O–H groups in total. The zero-order chi connectivity index (χ0) is 23.0. The lowest BCUT2D eigenvalue weighted by atomic mass is 10.0. The zero-order valence-electron chi connectivity index (χ0n) is 19.4. The van der Waals surface area contributed by atoms with E-state index in [2.05, 4.69) is 40.2 Å². The van der Waals surface area contributed by atoms with Gasteiger partial charge in [-0.15, -0.1) is 10.2 Å². The van der Waals surface area contributed by atoms with Crippen molar-refractivity contribution in [2.24, 2.45) is 0 Å². The van der Waals surface area contributed by atoms with Crippen LogP contribution in [0.5, 0.6) is 0 Å². The standard InChI is InChI=1S/C21H20FN5.C4H10O/c1-13-7-5-10-17-15(13)8-3-4-12-26(17)20-19-16(22)9-6-11-18(19)27-14(2)24-25-21(27)23-20;1-4(2,3)5/h5-7,9-11H,3-4,8,12H2,1-2H3;5H,1-3H3. The van der Waals surface area contributed by atoms with Gasteiger partial charge in [-0.1, -0.05) is 18.2 Å². The van der Waals surface area contributed by atoms with Gasteiger partial charge in [0.05, 0.1) is 16.5 Å². The molecule has 5 rings (SSSR count). The van der Waals surface area contributed by atoms with Crippen molar-refractivity contribution in [3.05, 3.63) is 59.2 Å². The largest absolute Gasteiger partial charge is 0.391 e. The second-order valence-corrected chi connectivity index (χ2v) is 9.30. The zero-order valence-corrected chi connectivity index (χ0v) is 19.4. The second-order valence-electron chi connectivity index (χ2n) is 9.30. The fraction of sp³-hybridized carbons (Fsp3) is 0.400. The molecule has 0 fully saturated rings. The number of halogens is 1. The van der Waals surface area contributed by atoms with E-state index in [1.165, 1.54) is 17.2 Å². The summed E-state index contributed by atoms with van der Waals surface area (Å²) in [6, 6.07) is 11.4. The van der Waals surface area contributed by atoms with Crippen molar-refractivity contribution in [1.82, 2.24) is 19.6 Å². The summed E-state index contributed by atoms with van der Waals surface area (Å²) in [7, 11) is 0. The van der Waals surface area contributed by atoms with Crippen molar-refractivity contribution in [2.75, 3.05) is 11.4 Å². The number of aliphatic hydroxyl groups is 1. The highest BCUT2D eigenvalue weighted by molar-refractivity contribution is 5.94. The summed E-state index contributed by atoms with van der Waals surface area (Å²) in [5.74, 6) is 1.55. The van der Waals surface area contributed by atoms with E-state index in [-0.39, 0.29) is 5.82 Å². The summed E-state index contributed by atoms with van der Waals surface area (Å²) >= 11 is 0. The first kappa shape index (κ1) is 22.1. The molecule has 0 saturated heterocycles. The summed E-state index contributed by atoms with van der Waals surface area (Å²) in [5, 5.41) is 17.4. The van der Waals surface area contributed by atoms with Gasteiger partial charge in [0.15, 0.2) is 0 Å². The van der Waals surface area contributed by atoms with E-state index in [1.54, 1.807) is 26.8 Å². The van der Waals surface area contributed by atoms with Crippen LogP contribution in [0.2, 0.25) is 0 Å². The Kier molecular flexibility index (Phi) is 5.86. The Balaban J connectivity index is 0.000000444. The van der Waals surface area contributed by atoms with Crippen molar-refractivity contribution in [3.63, 3.8) is 0 Å².